The number of nitrogens with zero attached hydrogens (tertiary/aromatic N) is 3. The van der Waals surface area contributed by atoms with Gasteiger partial charge in [-0.25, -0.2) is 0 Å². The summed E-state index contributed by atoms with van der Waals surface area (Å²) in [5, 5.41) is 11.3. The Hall–Kier alpha value is -3.61. The summed E-state index contributed by atoms with van der Waals surface area (Å²) in [6, 6.07) is 19.6. The molecule has 0 unspecified atom stereocenters. The number of carbonyl (C=O) groups excluding carboxylic acids is 1. The van der Waals surface area contributed by atoms with Gasteiger partial charge < -0.3 is 19.7 Å². The number of fused-ring (bicyclic) bond motifs is 1. The summed E-state index contributed by atoms with van der Waals surface area (Å²) >= 11 is 0. The maximum Gasteiger partial charge on any atom is 0.276 e. The molecule has 7 heteroatoms. The molecule has 164 valence electrons. The van der Waals surface area contributed by atoms with Crippen molar-refractivity contribution in [3.05, 3.63) is 71.9 Å². The Labute approximate surface area is 187 Å². The van der Waals surface area contributed by atoms with E-state index in [2.05, 4.69) is 50.7 Å². The highest BCUT2D eigenvalue weighted by molar-refractivity contribution is 6.03. The maximum absolute atomic E-state index is 12.6. The van der Waals surface area contributed by atoms with E-state index in [-0.39, 0.29) is 11.6 Å². The molecule has 0 aliphatic carbocycles. The summed E-state index contributed by atoms with van der Waals surface area (Å²) in [6.45, 7) is 2.94. The van der Waals surface area contributed by atoms with Crippen molar-refractivity contribution < 1.29 is 14.3 Å². The van der Waals surface area contributed by atoms with Gasteiger partial charge in [0.1, 0.15) is 13.2 Å². The number of hydrogen-bond acceptors (Lipinski definition) is 6. The Balaban J connectivity index is 1.16. The van der Waals surface area contributed by atoms with E-state index in [4.69, 9.17) is 9.47 Å². The number of ether oxygens (including phenoxy) is 2. The largest absolute Gasteiger partial charge is 0.486 e. The van der Waals surface area contributed by atoms with Crippen LogP contribution >= 0.6 is 0 Å². The molecule has 7 nitrogen and oxygen atoms in total. The molecule has 3 heterocycles. The van der Waals surface area contributed by atoms with Gasteiger partial charge in [0, 0.05) is 24.8 Å². The van der Waals surface area contributed by atoms with Crippen molar-refractivity contribution >= 4 is 17.4 Å². The predicted octanol–water partition coefficient (Wildman–Crippen LogP) is 3.96. The van der Waals surface area contributed by atoms with Crippen LogP contribution in [0.1, 0.15) is 28.9 Å². The molecule has 5 rings (SSSR count). The number of aromatic nitrogens is 2. The summed E-state index contributed by atoms with van der Waals surface area (Å²) in [4.78, 5) is 14.8. The first-order chi connectivity index (χ1) is 15.7. The van der Waals surface area contributed by atoms with Gasteiger partial charge in [-0.2, -0.15) is 0 Å². The second-order valence-corrected chi connectivity index (χ2v) is 8.21. The van der Waals surface area contributed by atoms with E-state index in [1.807, 2.05) is 6.07 Å². The van der Waals surface area contributed by atoms with Crippen molar-refractivity contribution in [2.75, 3.05) is 36.5 Å². The van der Waals surface area contributed by atoms with Gasteiger partial charge in [0.25, 0.3) is 5.91 Å². The Bertz CT molecular complexity index is 1060. The Morgan fingerprint density at radius 1 is 0.938 bits per heavy atom. The van der Waals surface area contributed by atoms with Crippen LogP contribution in [-0.4, -0.2) is 42.4 Å². The van der Waals surface area contributed by atoms with E-state index in [1.54, 1.807) is 24.3 Å². The van der Waals surface area contributed by atoms with E-state index in [9.17, 15) is 4.79 Å². The monoisotopic (exact) mass is 430 g/mol. The third kappa shape index (κ3) is 4.66. The van der Waals surface area contributed by atoms with Crippen molar-refractivity contribution in [1.82, 2.24) is 10.2 Å². The highest BCUT2D eigenvalue weighted by atomic mass is 16.6. The molecular weight excluding hydrogens is 404 g/mol. The fourth-order valence-electron chi connectivity index (χ4n) is 4.24. The molecule has 1 aromatic heterocycles. The molecular formula is C25H26N4O3. The van der Waals surface area contributed by atoms with Crippen LogP contribution in [0.25, 0.3) is 0 Å². The van der Waals surface area contributed by atoms with Gasteiger partial charge in [-0.05, 0) is 55.0 Å². The first-order valence-corrected chi connectivity index (χ1v) is 11.1. The van der Waals surface area contributed by atoms with E-state index in [0.29, 0.717) is 36.3 Å². The minimum atomic E-state index is -0.303. The molecule has 2 aliphatic rings. The summed E-state index contributed by atoms with van der Waals surface area (Å²) in [6.07, 6.45) is 3.38. The second kappa shape index (κ2) is 9.26. The van der Waals surface area contributed by atoms with Gasteiger partial charge >= 0.3 is 0 Å². The van der Waals surface area contributed by atoms with Crippen molar-refractivity contribution in [1.29, 1.82) is 0 Å². The zero-order chi connectivity index (χ0) is 21.8. The average Bonchev–Trinajstić information content (AvgIpc) is 2.85. The molecule has 0 bridgehead atoms. The fraction of sp³-hybridized carbons (Fsp3) is 0.320. The van der Waals surface area contributed by atoms with Gasteiger partial charge in [0.15, 0.2) is 23.0 Å². The molecule has 0 radical (unpaired) electrons. The molecule has 32 heavy (non-hydrogen) atoms. The summed E-state index contributed by atoms with van der Waals surface area (Å²) in [5.74, 6) is 2.52. The lowest BCUT2D eigenvalue weighted by molar-refractivity contribution is 0.102. The topological polar surface area (TPSA) is 76.6 Å². The standard InChI is InChI=1S/C25H26N4O3/c30-25(26-20-6-8-22-23(17-20)32-15-14-31-22)21-7-9-24(28-27-21)29-12-10-19(11-13-29)16-18-4-2-1-3-5-18/h1-9,17,19H,10-16H2,(H,26,30). The van der Waals surface area contributed by atoms with Crippen LogP contribution < -0.4 is 19.7 Å². The second-order valence-electron chi connectivity index (χ2n) is 8.21. The van der Waals surface area contributed by atoms with Gasteiger partial charge in [-0.1, -0.05) is 30.3 Å². The SMILES string of the molecule is O=C(Nc1ccc2c(c1)OCCO2)c1ccc(N2CCC(Cc3ccccc3)CC2)nn1. The van der Waals surface area contributed by atoms with Crippen molar-refractivity contribution in [2.45, 2.75) is 19.3 Å². The van der Waals surface area contributed by atoms with Crippen LogP contribution in [0.5, 0.6) is 11.5 Å². The maximum atomic E-state index is 12.6. The van der Waals surface area contributed by atoms with Gasteiger partial charge in [0.2, 0.25) is 0 Å². The minimum Gasteiger partial charge on any atom is -0.486 e. The van der Waals surface area contributed by atoms with Crippen molar-refractivity contribution in [2.24, 2.45) is 5.92 Å². The molecule has 0 spiro atoms. The molecule has 1 saturated heterocycles. The highest BCUT2D eigenvalue weighted by Crippen LogP contribution is 2.32. The van der Waals surface area contributed by atoms with Crippen LogP contribution in [0, 0.1) is 5.92 Å². The van der Waals surface area contributed by atoms with E-state index in [0.717, 1.165) is 38.2 Å². The summed E-state index contributed by atoms with van der Waals surface area (Å²) in [7, 11) is 0. The lowest BCUT2D eigenvalue weighted by Gasteiger charge is -2.32. The summed E-state index contributed by atoms with van der Waals surface area (Å²) < 4.78 is 11.1. The minimum absolute atomic E-state index is 0.280. The number of anilines is 2. The number of piperidine rings is 1. The highest BCUT2D eigenvalue weighted by Gasteiger charge is 2.21. The number of amides is 1. The average molecular weight is 431 g/mol. The van der Waals surface area contributed by atoms with Gasteiger partial charge in [0.05, 0.1) is 0 Å². The van der Waals surface area contributed by atoms with E-state index < -0.39 is 0 Å². The first-order valence-electron chi connectivity index (χ1n) is 11.1. The van der Waals surface area contributed by atoms with Gasteiger partial charge in [-0.15, -0.1) is 10.2 Å². The van der Waals surface area contributed by atoms with Crippen LogP contribution in [0.2, 0.25) is 0 Å². The third-order valence-corrected chi connectivity index (χ3v) is 5.99. The molecule has 2 aromatic carbocycles. The molecule has 0 saturated carbocycles. The van der Waals surface area contributed by atoms with E-state index >= 15 is 0 Å². The lowest BCUT2D eigenvalue weighted by atomic mass is 9.90. The first kappa shape index (κ1) is 20.3. The Morgan fingerprint density at radius 3 is 2.47 bits per heavy atom. The number of benzene rings is 2. The fourth-order valence-corrected chi connectivity index (χ4v) is 4.24. The molecule has 0 atom stereocenters. The lowest BCUT2D eigenvalue weighted by Crippen LogP contribution is -2.35. The van der Waals surface area contributed by atoms with Gasteiger partial charge in [-0.3, -0.25) is 4.79 Å². The predicted molar refractivity (Wildman–Crippen MR) is 123 cm³/mol. The third-order valence-electron chi connectivity index (χ3n) is 5.99. The number of hydrogen-bond donors (Lipinski definition) is 1. The van der Waals surface area contributed by atoms with Crippen LogP contribution in [0.15, 0.2) is 60.7 Å². The quantitative estimate of drug-likeness (QED) is 0.660. The van der Waals surface area contributed by atoms with Crippen molar-refractivity contribution in [3.8, 4) is 11.5 Å². The normalized spacial score (nSPS) is 15.9. The molecule has 1 amide bonds. The zero-order valence-electron chi connectivity index (χ0n) is 17.9. The number of nitrogens with one attached hydrogen (secondary N) is 1. The zero-order valence-corrected chi connectivity index (χ0v) is 17.9. The number of carbonyl (C=O) groups is 1. The molecule has 3 aromatic rings. The molecule has 2 aliphatic heterocycles. The Kier molecular flexibility index (Phi) is 5.87. The molecule has 1 fully saturated rings. The molecule has 1 N–H and O–H groups in total. The smallest absolute Gasteiger partial charge is 0.276 e. The van der Waals surface area contributed by atoms with Crippen LogP contribution in [0.4, 0.5) is 11.5 Å². The number of rotatable bonds is 5. The van der Waals surface area contributed by atoms with Crippen LogP contribution in [-0.2, 0) is 6.42 Å². The summed E-state index contributed by atoms with van der Waals surface area (Å²) in [5.41, 5.74) is 2.31. The van der Waals surface area contributed by atoms with Crippen LogP contribution in [0.3, 0.4) is 0 Å². The van der Waals surface area contributed by atoms with E-state index in [1.165, 1.54) is 5.56 Å². The van der Waals surface area contributed by atoms with Crippen molar-refractivity contribution in [3.63, 3.8) is 0 Å². The Morgan fingerprint density at radius 2 is 1.72 bits per heavy atom.